The fourth-order valence-corrected chi connectivity index (χ4v) is 3.95. The summed E-state index contributed by atoms with van der Waals surface area (Å²) in [4.78, 5) is 18.0. The molecular formula is C22H23N5O2S. The smallest absolute Gasteiger partial charge is 0.255 e. The standard InChI is InChI=1S/C22H23N5O2S/c1-13-8-7-9-15(12-13)19-18(14(2)23-21-25-22(30-4)26-27(19)21)20(28)24-16-10-5-6-11-17(16)29-3/h5-12,19H,1-4H3,(H,24,28)(H,23,25,26)/t19-/m0/s1. The number of carbonyl (C=O) groups is 1. The Morgan fingerprint density at radius 2 is 2.00 bits per heavy atom. The molecule has 1 atom stereocenters. The van der Waals surface area contributed by atoms with E-state index in [2.05, 4.69) is 26.8 Å². The average molecular weight is 422 g/mol. The molecule has 2 heterocycles. The fourth-order valence-electron chi connectivity index (χ4n) is 3.60. The molecule has 1 amide bonds. The summed E-state index contributed by atoms with van der Waals surface area (Å²) in [6.45, 7) is 3.92. The van der Waals surface area contributed by atoms with Gasteiger partial charge in [0.25, 0.3) is 5.91 Å². The van der Waals surface area contributed by atoms with Crippen molar-refractivity contribution in [3.63, 3.8) is 0 Å². The summed E-state index contributed by atoms with van der Waals surface area (Å²) in [5, 5.41) is 11.5. The summed E-state index contributed by atoms with van der Waals surface area (Å²) in [6.07, 6.45) is 1.93. The molecule has 0 spiro atoms. The van der Waals surface area contributed by atoms with E-state index >= 15 is 0 Å². The number of ether oxygens (including phenoxy) is 1. The third kappa shape index (κ3) is 3.66. The van der Waals surface area contributed by atoms with Gasteiger partial charge in [-0.1, -0.05) is 53.7 Å². The molecule has 2 N–H and O–H groups in total. The van der Waals surface area contributed by atoms with Gasteiger partial charge in [0, 0.05) is 5.70 Å². The number of carbonyl (C=O) groups excluding carboxylic acids is 1. The van der Waals surface area contributed by atoms with Crippen molar-refractivity contribution in [1.29, 1.82) is 0 Å². The number of hydrogen-bond donors (Lipinski definition) is 2. The van der Waals surface area contributed by atoms with Crippen LogP contribution in [0.2, 0.25) is 0 Å². The second-order valence-electron chi connectivity index (χ2n) is 7.00. The quantitative estimate of drug-likeness (QED) is 0.600. The summed E-state index contributed by atoms with van der Waals surface area (Å²) >= 11 is 1.46. The number of amides is 1. The molecule has 0 aliphatic carbocycles. The number of allylic oxidation sites excluding steroid dienone is 1. The van der Waals surface area contributed by atoms with E-state index in [1.165, 1.54) is 11.8 Å². The first kappa shape index (κ1) is 20.0. The van der Waals surface area contributed by atoms with E-state index in [-0.39, 0.29) is 5.91 Å². The number of benzene rings is 2. The molecule has 8 heteroatoms. The van der Waals surface area contributed by atoms with E-state index in [0.29, 0.717) is 28.1 Å². The summed E-state index contributed by atoms with van der Waals surface area (Å²) < 4.78 is 7.17. The van der Waals surface area contributed by atoms with E-state index in [4.69, 9.17) is 4.74 Å². The first-order chi connectivity index (χ1) is 14.5. The maximum atomic E-state index is 13.5. The molecule has 4 rings (SSSR count). The van der Waals surface area contributed by atoms with Crippen LogP contribution in [0.5, 0.6) is 5.75 Å². The number of methoxy groups -OCH3 is 1. The predicted molar refractivity (Wildman–Crippen MR) is 119 cm³/mol. The van der Waals surface area contributed by atoms with Gasteiger partial charge in [-0.25, -0.2) is 4.68 Å². The van der Waals surface area contributed by atoms with Gasteiger partial charge in [-0.2, -0.15) is 4.98 Å². The number of fused-ring (bicyclic) bond motifs is 1. The number of nitrogens with one attached hydrogen (secondary N) is 2. The number of rotatable bonds is 5. The highest BCUT2D eigenvalue weighted by molar-refractivity contribution is 7.98. The Morgan fingerprint density at radius 1 is 1.20 bits per heavy atom. The fraction of sp³-hybridized carbons (Fsp3) is 0.227. The molecule has 1 aliphatic rings. The lowest BCUT2D eigenvalue weighted by Gasteiger charge is -2.29. The topological polar surface area (TPSA) is 81.1 Å². The summed E-state index contributed by atoms with van der Waals surface area (Å²) in [6, 6.07) is 15.1. The second-order valence-corrected chi connectivity index (χ2v) is 7.77. The number of para-hydroxylation sites is 2. The summed E-state index contributed by atoms with van der Waals surface area (Å²) in [5.74, 6) is 1.01. The Hall–Kier alpha value is -3.26. The van der Waals surface area contributed by atoms with E-state index in [0.717, 1.165) is 16.8 Å². The van der Waals surface area contributed by atoms with Crippen LogP contribution in [-0.4, -0.2) is 34.0 Å². The Kier molecular flexibility index (Phi) is 5.50. The number of aromatic nitrogens is 3. The van der Waals surface area contributed by atoms with E-state index in [9.17, 15) is 4.79 Å². The average Bonchev–Trinajstić information content (AvgIpc) is 3.15. The lowest BCUT2D eigenvalue weighted by atomic mass is 9.94. The number of nitrogens with zero attached hydrogens (tertiary/aromatic N) is 3. The third-order valence-corrected chi connectivity index (χ3v) is 5.51. The molecule has 0 bridgehead atoms. The molecule has 154 valence electrons. The molecule has 0 unspecified atom stereocenters. The van der Waals surface area contributed by atoms with E-state index in [1.54, 1.807) is 11.8 Å². The molecule has 0 fully saturated rings. The Morgan fingerprint density at radius 3 is 2.73 bits per heavy atom. The molecule has 7 nitrogen and oxygen atoms in total. The van der Waals surface area contributed by atoms with Crippen LogP contribution in [0, 0.1) is 6.92 Å². The zero-order valence-corrected chi connectivity index (χ0v) is 18.1. The first-order valence-electron chi connectivity index (χ1n) is 9.51. The minimum Gasteiger partial charge on any atom is -0.495 e. The minimum absolute atomic E-state index is 0.220. The van der Waals surface area contributed by atoms with Gasteiger partial charge >= 0.3 is 0 Å². The highest BCUT2D eigenvalue weighted by Gasteiger charge is 2.34. The highest BCUT2D eigenvalue weighted by Crippen LogP contribution is 2.37. The van der Waals surface area contributed by atoms with Crippen LogP contribution in [0.25, 0.3) is 0 Å². The Bertz CT molecular complexity index is 1140. The molecule has 0 radical (unpaired) electrons. The van der Waals surface area contributed by atoms with Gasteiger partial charge < -0.3 is 15.4 Å². The molecule has 0 saturated carbocycles. The molecule has 0 saturated heterocycles. The van der Waals surface area contributed by atoms with Crippen LogP contribution in [-0.2, 0) is 4.79 Å². The highest BCUT2D eigenvalue weighted by atomic mass is 32.2. The number of hydrogen-bond acceptors (Lipinski definition) is 6. The van der Waals surface area contributed by atoms with Gasteiger partial charge in [0.15, 0.2) is 0 Å². The lowest BCUT2D eigenvalue weighted by Crippen LogP contribution is -2.31. The first-order valence-corrected chi connectivity index (χ1v) is 10.7. The molecule has 1 aliphatic heterocycles. The Labute approximate surface area is 179 Å². The van der Waals surface area contributed by atoms with Crippen molar-refractivity contribution in [3.8, 4) is 5.75 Å². The SMILES string of the molecule is COc1ccccc1NC(=O)C1=C(C)Nc2nc(SC)nn2[C@H]1c1cccc(C)c1. The van der Waals surface area contributed by atoms with E-state index in [1.807, 2.05) is 62.6 Å². The van der Waals surface area contributed by atoms with E-state index < -0.39 is 6.04 Å². The zero-order valence-electron chi connectivity index (χ0n) is 17.3. The van der Waals surface area contributed by atoms with Gasteiger partial charge in [-0.3, -0.25) is 4.79 Å². The van der Waals surface area contributed by atoms with Crippen molar-refractivity contribution >= 4 is 29.3 Å². The van der Waals surface area contributed by atoms with Crippen LogP contribution in [0.3, 0.4) is 0 Å². The van der Waals surface area contributed by atoms with Crippen molar-refractivity contribution in [2.45, 2.75) is 25.0 Å². The summed E-state index contributed by atoms with van der Waals surface area (Å²) in [7, 11) is 1.58. The maximum absolute atomic E-state index is 13.5. The minimum atomic E-state index is -0.399. The maximum Gasteiger partial charge on any atom is 0.255 e. The van der Waals surface area contributed by atoms with Crippen LogP contribution in [0.4, 0.5) is 11.6 Å². The summed E-state index contributed by atoms with van der Waals surface area (Å²) in [5.41, 5.74) is 4.01. The monoisotopic (exact) mass is 421 g/mol. The van der Waals surface area contributed by atoms with Gasteiger partial charge in [0.2, 0.25) is 11.1 Å². The second kappa shape index (κ2) is 8.23. The third-order valence-electron chi connectivity index (χ3n) is 4.97. The van der Waals surface area contributed by atoms with Crippen LogP contribution >= 0.6 is 11.8 Å². The Balaban J connectivity index is 1.80. The normalized spacial score (nSPS) is 15.4. The predicted octanol–water partition coefficient (Wildman–Crippen LogP) is 4.24. The number of thioether (sulfide) groups is 1. The molecular weight excluding hydrogens is 398 g/mol. The molecule has 1 aromatic heterocycles. The van der Waals surface area contributed by atoms with Gasteiger partial charge in [0.1, 0.15) is 11.8 Å². The molecule has 30 heavy (non-hydrogen) atoms. The van der Waals surface area contributed by atoms with Gasteiger partial charge in [-0.15, -0.1) is 5.10 Å². The zero-order chi connectivity index (χ0) is 21.3. The molecule has 3 aromatic rings. The van der Waals surface area contributed by atoms with Crippen LogP contribution < -0.4 is 15.4 Å². The van der Waals surface area contributed by atoms with Gasteiger partial charge in [-0.05, 0) is 37.8 Å². The van der Waals surface area contributed by atoms with Crippen molar-refractivity contribution in [2.75, 3.05) is 24.0 Å². The van der Waals surface area contributed by atoms with Gasteiger partial charge in [0.05, 0.1) is 18.4 Å². The van der Waals surface area contributed by atoms with Crippen LogP contribution in [0.15, 0.2) is 65.0 Å². The molecule has 2 aromatic carbocycles. The largest absolute Gasteiger partial charge is 0.495 e. The van der Waals surface area contributed by atoms with Crippen LogP contribution in [0.1, 0.15) is 24.1 Å². The van der Waals surface area contributed by atoms with Crippen molar-refractivity contribution < 1.29 is 9.53 Å². The van der Waals surface area contributed by atoms with Crippen molar-refractivity contribution in [2.24, 2.45) is 0 Å². The number of aryl methyl sites for hydroxylation is 1. The number of anilines is 2. The van der Waals surface area contributed by atoms with Crippen molar-refractivity contribution in [3.05, 3.63) is 70.9 Å². The lowest BCUT2D eigenvalue weighted by molar-refractivity contribution is -0.113. The van der Waals surface area contributed by atoms with Crippen molar-refractivity contribution in [1.82, 2.24) is 14.8 Å².